The Balaban J connectivity index is 1.98. The van der Waals surface area contributed by atoms with Crippen molar-refractivity contribution >= 4 is 0 Å². The van der Waals surface area contributed by atoms with E-state index in [1.807, 2.05) is 0 Å². The standard InChI is InChI=1S/C10H19N5/c1-10(2,6-11)7-14-3-4-15-8-12-13-9(15)5-14/h8H,3-7,11H2,1-2H3. The van der Waals surface area contributed by atoms with Crippen LogP contribution in [0.2, 0.25) is 0 Å². The van der Waals surface area contributed by atoms with Crippen LogP contribution in [0.3, 0.4) is 0 Å². The van der Waals surface area contributed by atoms with Crippen LogP contribution in [0.15, 0.2) is 6.33 Å². The van der Waals surface area contributed by atoms with Crippen molar-refractivity contribution in [2.45, 2.75) is 26.9 Å². The second-order valence-electron chi connectivity index (χ2n) is 5.02. The lowest BCUT2D eigenvalue weighted by atomic mass is 9.93. The highest BCUT2D eigenvalue weighted by molar-refractivity contribution is 4.91. The minimum absolute atomic E-state index is 0.183. The van der Waals surface area contributed by atoms with E-state index in [9.17, 15) is 0 Å². The third-order valence-corrected chi connectivity index (χ3v) is 2.92. The Hall–Kier alpha value is -0.940. The fraction of sp³-hybridized carbons (Fsp3) is 0.800. The van der Waals surface area contributed by atoms with Gasteiger partial charge in [0.05, 0.1) is 6.54 Å². The molecule has 5 nitrogen and oxygen atoms in total. The zero-order chi connectivity index (χ0) is 10.9. The van der Waals surface area contributed by atoms with Gasteiger partial charge in [-0.1, -0.05) is 13.8 Å². The fourth-order valence-electron chi connectivity index (χ4n) is 1.92. The third kappa shape index (κ3) is 2.35. The van der Waals surface area contributed by atoms with E-state index in [0.29, 0.717) is 0 Å². The molecule has 0 fully saturated rings. The highest BCUT2D eigenvalue weighted by Gasteiger charge is 2.24. The summed E-state index contributed by atoms with van der Waals surface area (Å²) in [7, 11) is 0. The van der Waals surface area contributed by atoms with Gasteiger partial charge in [-0.3, -0.25) is 4.90 Å². The minimum atomic E-state index is 0.183. The maximum atomic E-state index is 5.74. The van der Waals surface area contributed by atoms with Crippen molar-refractivity contribution in [1.82, 2.24) is 19.7 Å². The van der Waals surface area contributed by atoms with Crippen LogP contribution in [0.25, 0.3) is 0 Å². The second-order valence-corrected chi connectivity index (χ2v) is 5.02. The van der Waals surface area contributed by atoms with Gasteiger partial charge in [-0.2, -0.15) is 0 Å². The van der Waals surface area contributed by atoms with Gasteiger partial charge in [-0.25, -0.2) is 0 Å². The van der Waals surface area contributed by atoms with E-state index in [-0.39, 0.29) is 5.41 Å². The first-order chi connectivity index (χ1) is 7.11. The Morgan fingerprint density at radius 3 is 3.00 bits per heavy atom. The van der Waals surface area contributed by atoms with Crippen LogP contribution >= 0.6 is 0 Å². The van der Waals surface area contributed by atoms with Gasteiger partial charge in [-0.05, 0) is 12.0 Å². The summed E-state index contributed by atoms with van der Waals surface area (Å²) in [5.41, 5.74) is 5.92. The maximum Gasteiger partial charge on any atom is 0.147 e. The van der Waals surface area contributed by atoms with E-state index in [4.69, 9.17) is 5.73 Å². The number of fused-ring (bicyclic) bond motifs is 1. The number of nitrogens with two attached hydrogens (primary N) is 1. The molecule has 0 radical (unpaired) electrons. The highest BCUT2D eigenvalue weighted by Crippen LogP contribution is 2.18. The zero-order valence-electron chi connectivity index (χ0n) is 9.48. The number of nitrogens with zero attached hydrogens (tertiary/aromatic N) is 4. The van der Waals surface area contributed by atoms with E-state index in [0.717, 1.165) is 38.5 Å². The molecule has 2 rings (SSSR count). The molecule has 1 aliphatic heterocycles. The molecule has 1 aliphatic rings. The lowest BCUT2D eigenvalue weighted by Gasteiger charge is -2.33. The molecular weight excluding hydrogens is 190 g/mol. The monoisotopic (exact) mass is 209 g/mol. The quantitative estimate of drug-likeness (QED) is 0.766. The largest absolute Gasteiger partial charge is 0.330 e. The second kappa shape index (κ2) is 3.90. The Bertz CT molecular complexity index is 330. The van der Waals surface area contributed by atoms with Gasteiger partial charge < -0.3 is 10.3 Å². The van der Waals surface area contributed by atoms with E-state index < -0.39 is 0 Å². The molecule has 0 amide bonds. The molecule has 1 aromatic rings. The Labute approximate surface area is 90.3 Å². The molecule has 15 heavy (non-hydrogen) atoms. The molecule has 0 aliphatic carbocycles. The summed E-state index contributed by atoms with van der Waals surface area (Å²) in [6, 6.07) is 0. The first kappa shape index (κ1) is 10.6. The normalized spacial score (nSPS) is 17.8. The molecule has 0 spiro atoms. The Morgan fingerprint density at radius 2 is 2.27 bits per heavy atom. The van der Waals surface area contributed by atoms with Crippen LogP contribution in [0, 0.1) is 5.41 Å². The van der Waals surface area contributed by atoms with E-state index >= 15 is 0 Å². The fourth-order valence-corrected chi connectivity index (χ4v) is 1.92. The lowest BCUT2D eigenvalue weighted by molar-refractivity contribution is 0.148. The number of hydrogen-bond donors (Lipinski definition) is 1. The molecule has 0 bridgehead atoms. The van der Waals surface area contributed by atoms with Crippen molar-refractivity contribution in [3.8, 4) is 0 Å². The van der Waals surface area contributed by atoms with Gasteiger partial charge in [0.25, 0.3) is 0 Å². The van der Waals surface area contributed by atoms with E-state index in [1.165, 1.54) is 0 Å². The molecule has 1 aromatic heterocycles. The first-order valence-electron chi connectivity index (χ1n) is 5.40. The van der Waals surface area contributed by atoms with Crippen LogP contribution in [-0.4, -0.2) is 39.3 Å². The van der Waals surface area contributed by atoms with E-state index in [2.05, 4.69) is 33.5 Å². The van der Waals surface area contributed by atoms with Crippen LogP contribution < -0.4 is 5.73 Å². The van der Waals surface area contributed by atoms with Crippen molar-refractivity contribution in [2.75, 3.05) is 19.6 Å². The summed E-state index contributed by atoms with van der Waals surface area (Å²) in [5, 5.41) is 8.02. The average molecular weight is 209 g/mol. The Kier molecular flexibility index (Phi) is 2.75. The SMILES string of the molecule is CC(C)(CN)CN1CCn2cnnc2C1. The summed E-state index contributed by atoms with van der Waals surface area (Å²) < 4.78 is 2.12. The predicted molar refractivity (Wildman–Crippen MR) is 58.1 cm³/mol. The zero-order valence-corrected chi connectivity index (χ0v) is 9.48. The van der Waals surface area contributed by atoms with Crippen molar-refractivity contribution in [3.05, 3.63) is 12.2 Å². The molecule has 0 aromatic carbocycles. The number of hydrogen-bond acceptors (Lipinski definition) is 4. The molecule has 84 valence electrons. The lowest BCUT2D eigenvalue weighted by Crippen LogP contribution is -2.42. The van der Waals surface area contributed by atoms with Crippen LogP contribution in [-0.2, 0) is 13.1 Å². The van der Waals surface area contributed by atoms with Gasteiger partial charge in [0.1, 0.15) is 12.2 Å². The predicted octanol–water partition coefficient (Wildman–Crippen LogP) is 0.0786. The van der Waals surface area contributed by atoms with Gasteiger partial charge in [0.15, 0.2) is 0 Å². The summed E-state index contributed by atoms with van der Waals surface area (Å²) in [6.45, 7) is 9.09. The van der Waals surface area contributed by atoms with Crippen molar-refractivity contribution in [2.24, 2.45) is 11.1 Å². The molecular formula is C10H19N5. The molecule has 5 heteroatoms. The van der Waals surface area contributed by atoms with Crippen molar-refractivity contribution in [3.63, 3.8) is 0 Å². The van der Waals surface area contributed by atoms with Gasteiger partial charge >= 0.3 is 0 Å². The topological polar surface area (TPSA) is 60.0 Å². The smallest absolute Gasteiger partial charge is 0.147 e. The molecule has 2 N–H and O–H groups in total. The summed E-state index contributed by atoms with van der Waals surface area (Å²) in [5.74, 6) is 1.06. The highest BCUT2D eigenvalue weighted by atomic mass is 15.3. The van der Waals surface area contributed by atoms with Crippen LogP contribution in [0.4, 0.5) is 0 Å². The van der Waals surface area contributed by atoms with Crippen molar-refractivity contribution < 1.29 is 0 Å². The first-order valence-corrected chi connectivity index (χ1v) is 5.40. The van der Waals surface area contributed by atoms with Gasteiger partial charge in [-0.15, -0.1) is 10.2 Å². The molecule has 0 saturated heterocycles. The number of rotatable bonds is 3. The summed E-state index contributed by atoms with van der Waals surface area (Å²) in [4.78, 5) is 2.40. The third-order valence-electron chi connectivity index (χ3n) is 2.92. The van der Waals surface area contributed by atoms with E-state index in [1.54, 1.807) is 6.33 Å². The maximum absolute atomic E-state index is 5.74. The van der Waals surface area contributed by atoms with Gasteiger partial charge in [0.2, 0.25) is 0 Å². The molecule has 0 atom stereocenters. The molecule has 0 saturated carbocycles. The Morgan fingerprint density at radius 1 is 1.47 bits per heavy atom. The summed E-state index contributed by atoms with van der Waals surface area (Å²) in [6.07, 6.45) is 1.81. The van der Waals surface area contributed by atoms with Gasteiger partial charge in [0, 0.05) is 19.6 Å². The van der Waals surface area contributed by atoms with Crippen LogP contribution in [0.1, 0.15) is 19.7 Å². The number of aromatic nitrogens is 3. The van der Waals surface area contributed by atoms with Crippen LogP contribution in [0.5, 0.6) is 0 Å². The molecule has 2 heterocycles. The van der Waals surface area contributed by atoms with Crippen molar-refractivity contribution in [1.29, 1.82) is 0 Å². The molecule has 0 unspecified atom stereocenters. The average Bonchev–Trinajstić information content (AvgIpc) is 2.64. The summed E-state index contributed by atoms with van der Waals surface area (Å²) >= 11 is 0. The minimum Gasteiger partial charge on any atom is -0.330 e.